The fraction of sp³-hybridized carbons (Fsp3) is 1.00. The van der Waals surface area contributed by atoms with Gasteiger partial charge in [0.25, 0.3) is 0 Å². The van der Waals surface area contributed by atoms with Crippen LogP contribution in [0.3, 0.4) is 0 Å². The summed E-state index contributed by atoms with van der Waals surface area (Å²) >= 11 is 3.64. The number of hydrogen-bond acceptors (Lipinski definition) is 1. The minimum absolute atomic E-state index is 0.795. The Bertz CT molecular complexity index is 158. The van der Waals surface area contributed by atoms with Gasteiger partial charge >= 0.3 is 0 Å². The maximum Gasteiger partial charge on any atom is 0.00743 e. The molecule has 0 aromatic rings. The maximum absolute atomic E-state index is 3.64. The molecule has 0 N–H and O–H groups in total. The summed E-state index contributed by atoms with van der Waals surface area (Å²) in [5, 5.41) is 1.15. The predicted octanol–water partition coefficient (Wildman–Crippen LogP) is 3.53. The first kappa shape index (κ1) is 12.5. The molecular formula is C12H24BrN. The number of piperidine rings is 1. The van der Waals surface area contributed by atoms with Gasteiger partial charge < -0.3 is 4.90 Å². The molecule has 1 saturated heterocycles. The quantitative estimate of drug-likeness (QED) is 0.700. The first-order valence-electron chi connectivity index (χ1n) is 5.95. The van der Waals surface area contributed by atoms with E-state index in [-0.39, 0.29) is 0 Å². The van der Waals surface area contributed by atoms with Crippen LogP contribution in [0.4, 0.5) is 0 Å². The molecular weight excluding hydrogens is 238 g/mol. The van der Waals surface area contributed by atoms with Gasteiger partial charge in [-0.25, -0.2) is 0 Å². The zero-order valence-electron chi connectivity index (χ0n) is 9.80. The Hall–Kier alpha value is 0.440. The Kier molecular flexibility index (Phi) is 5.47. The molecule has 1 nitrogen and oxygen atoms in total. The highest BCUT2D eigenvalue weighted by atomic mass is 79.9. The van der Waals surface area contributed by atoms with Gasteiger partial charge in [0, 0.05) is 17.9 Å². The monoisotopic (exact) mass is 261 g/mol. The van der Waals surface area contributed by atoms with Crippen molar-refractivity contribution in [2.75, 3.05) is 18.4 Å². The Labute approximate surface area is 97.4 Å². The van der Waals surface area contributed by atoms with Gasteiger partial charge in [0.05, 0.1) is 0 Å². The fourth-order valence-corrected chi connectivity index (χ4v) is 3.12. The summed E-state index contributed by atoms with van der Waals surface area (Å²) in [5.41, 5.74) is 0. The number of halogens is 1. The fourth-order valence-electron chi connectivity index (χ4n) is 2.17. The van der Waals surface area contributed by atoms with Crippen LogP contribution in [-0.2, 0) is 0 Å². The highest BCUT2D eigenvalue weighted by molar-refractivity contribution is 9.09. The van der Waals surface area contributed by atoms with E-state index in [4.69, 9.17) is 0 Å². The van der Waals surface area contributed by atoms with E-state index in [1.165, 1.54) is 32.4 Å². The van der Waals surface area contributed by atoms with E-state index < -0.39 is 0 Å². The van der Waals surface area contributed by atoms with Crippen molar-refractivity contribution in [3.8, 4) is 0 Å². The summed E-state index contributed by atoms with van der Waals surface area (Å²) < 4.78 is 0. The molecule has 0 saturated carbocycles. The van der Waals surface area contributed by atoms with E-state index in [0.29, 0.717) is 0 Å². The van der Waals surface area contributed by atoms with Crippen LogP contribution < -0.4 is 0 Å². The van der Waals surface area contributed by atoms with Crippen molar-refractivity contribution in [2.45, 2.75) is 46.1 Å². The third kappa shape index (κ3) is 3.54. The van der Waals surface area contributed by atoms with Crippen molar-refractivity contribution in [3.63, 3.8) is 0 Å². The summed E-state index contributed by atoms with van der Waals surface area (Å²) in [5.74, 6) is 1.61. The topological polar surface area (TPSA) is 3.24 Å². The van der Waals surface area contributed by atoms with E-state index >= 15 is 0 Å². The lowest BCUT2D eigenvalue weighted by atomic mass is 9.95. The largest absolute Gasteiger partial charge is 0.300 e. The van der Waals surface area contributed by atoms with E-state index in [1.54, 1.807) is 0 Å². The Morgan fingerprint density at radius 2 is 2.07 bits per heavy atom. The average molecular weight is 262 g/mol. The third-order valence-corrected chi connectivity index (χ3v) is 4.38. The van der Waals surface area contributed by atoms with E-state index in [9.17, 15) is 0 Å². The van der Waals surface area contributed by atoms with Gasteiger partial charge in [0.2, 0.25) is 0 Å². The summed E-state index contributed by atoms with van der Waals surface area (Å²) in [4.78, 5) is 2.68. The molecule has 1 fully saturated rings. The molecule has 0 aliphatic carbocycles. The van der Waals surface area contributed by atoms with Crippen LogP contribution in [0.2, 0.25) is 0 Å². The molecule has 0 spiro atoms. The van der Waals surface area contributed by atoms with Crippen LogP contribution in [0, 0.1) is 11.8 Å². The second-order valence-electron chi connectivity index (χ2n) is 5.00. The Balaban J connectivity index is 2.39. The van der Waals surface area contributed by atoms with Crippen LogP contribution in [0.5, 0.6) is 0 Å². The van der Waals surface area contributed by atoms with Crippen molar-refractivity contribution in [3.05, 3.63) is 0 Å². The minimum Gasteiger partial charge on any atom is -0.300 e. The van der Waals surface area contributed by atoms with Gasteiger partial charge in [-0.05, 0) is 38.1 Å². The van der Waals surface area contributed by atoms with Crippen LogP contribution in [0.25, 0.3) is 0 Å². The van der Waals surface area contributed by atoms with Crippen LogP contribution >= 0.6 is 15.9 Å². The number of hydrogen-bond donors (Lipinski definition) is 0. The SMILES string of the molecule is CC(C)C(CBr)CN1CCCCC1C. The maximum atomic E-state index is 3.64. The van der Waals surface area contributed by atoms with Gasteiger partial charge in [0.15, 0.2) is 0 Å². The molecule has 2 heteroatoms. The zero-order chi connectivity index (χ0) is 10.6. The normalized spacial score (nSPS) is 26.8. The highest BCUT2D eigenvalue weighted by Gasteiger charge is 2.22. The van der Waals surface area contributed by atoms with Crippen molar-refractivity contribution in [2.24, 2.45) is 11.8 Å². The van der Waals surface area contributed by atoms with Gasteiger partial charge in [-0.15, -0.1) is 0 Å². The second kappa shape index (κ2) is 6.12. The van der Waals surface area contributed by atoms with Gasteiger partial charge in [-0.1, -0.05) is 36.2 Å². The third-order valence-electron chi connectivity index (χ3n) is 3.55. The Morgan fingerprint density at radius 3 is 2.57 bits per heavy atom. The molecule has 1 aliphatic rings. The molecule has 0 aromatic heterocycles. The Morgan fingerprint density at radius 1 is 1.36 bits per heavy atom. The van der Waals surface area contributed by atoms with E-state index in [2.05, 4.69) is 41.6 Å². The first-order chi connectivity index (χ1) is 6.65. The predicted molar refractivity (Wildman–Crippen MR) is 67.0 cm³/mol. The van der Waals surface area contributed by atoms with Crippen molar-refractivity contribution < 1.29 is 0 Å². The lowest BCUT2D eigenvalue weighted by Crippen LogP contribution is -2.41. The smallest absolute Gasteiger partial charge is 0.00743 e. The molecule has 0 bridgehead atoms. The standard InChI is InChI=1S/C12H24BrN/c1-10(2)12(8-13)9-14-7-5-4-6-11(14)3/h10-12H,4-9H2,1-3H3. The zero-order valence-corrected chi connectivity index (χ0v) is 11.4. The molecule has 2 unspecified atom stereocenters. The average Bonchev–Trinajstić information content (AvgIpc) is 2.16. The minimum atomic E-state index is 0.795. The lowest BCUT2D eigenvalue weighted by Gasteiger charge is -2.36. The molecule has 1 aliphatic heterocycles. The second-order valence-corrected chi connectivity index (χ2v) is 5.65. The number of alkyl halides is 1. The van der Waals surface area contributed by atoms with Crippen molar-refractivity contribution in [1.82, 2.24) is 4.90 Å². The number of likely N-dealkylation sites (tertiary alicyclic amines) is 1. The molecule has 14 heavy (non-hydrogen) atoms. The summed E-state index contributed by atoms with van der Waals surface area (Å²) in [6, 6.07) is 0.809. The van der Waals surface area contributed by atoms with E-state index in [0.717, 1.165) is 23.2 Å². The van der Waals surface area contributed by atoms with Crippen LogP contribution in [0.1, 0.15) is 40.0 Å². The van der Waals surface area contributed by atoms with Gasteiger partial charge in [0.1, 0.15) is 0 Å². The van der Waals surface area contributed by atoms with Crippen LogP contribution in [-0.4, -0.2) is 29.4 Å². The molecule has 0 aromatic carbocycles. The summed E-state index contributed by atoms with van der Waals surface area (Å²) in [6.07, 6.45) is 4.23. The molecule has 0 radical (unpaired) electrons. The summed E-state index contributed by atoms with van der Waals surface area (Å²) in [6.45, 7) is 9.65. The molecule has 2 atom stereocenters. The van der Waals surface area contributed by atoms with Gasteiger partial charge in [-0.3, -0.25) is 0 Å². The molecule has 1 heterocycles. The molecule has 0 amide bonds. The molecule has 84 valence electrons. The van der Waals surface area contributed by atoms with Crippen molar-refractivity contribution in [1.29, 1.82) is 0 Å². The van der Waals surface area contributed by atoms with Crippen molar-refractivity contribution >= 4 is 15.9 Å². The van der Waals surface area contributed by atoms with Gasteiger partial charge in [-0.2, -0.15) is 0 Å². The first-order valence-corrected chi connectivity index (χ1v) is 7.07. The number of nitrogens with zero attached hydrogens (tertiary/aromatic N) is 1. The molecule has 1 rings (SSSR count). The van der Waals surface area contributed by atoms with E-state index in [1.807, 2.05) is 0 Å². The lowest BCUT2D eigenvalue weighted by molar-refractivity contribution is 0.129. The number of rotatable bonds is 4. The summed E-state index contributed by atoms with van der Waals surface area (Å²) in [7, 11) is 0. The highest BCUT2D eigenvalue weighted by Crippen LogP contribution is 2.21. The van der Waals surface area contributed by atoms with Crippen LogP contribution in [0.15, 0.2) is 0 Å².